The summed E-state index contributed by atoms with van der Waals surface area (Å²) in [5.41, 5.74) is 2.39. The Labute approximate surface area is 160 Å². The minimum absolute atomic E-state index is 0.0841. The number of anilines is 1. The normalized spacial score (nSPS) is 15.8. The molecule has 5 rings (SSSR count). The van der Waals surface area contributed by atoms with Crippen molar-refractivity contribution in [2.45, 2.75) is 13.0 Å². The van der Waals surface area contributed by atoms with Crippen LogP contribution in [0.4, 0.5) is 5.82 Å². The smallest absolute Gasteiger partial charge is 0.296 e. The zero-order valence-corrected chi connectivity index (χ0v) is 15.1. The molecule has 0 unspecified atom stereocenters. The van der Waals surface area contributed by atoms with Crippen LogP contribution in [0.2, 0.25) is 0 Å². The van der Waals surface area contributed by atoms with Crippen molar-refractivity contribution >= 4 is 22.7 Å². The van der Waals surface area contributed by atoms with Crippen LogP contribution in [0.1, 0.15) is 33.3 Å². The summed E-state index contributed by atoms with van der Waals surface area (Å²) >= 11 is 0. The lowest BCUT2D eigenvalue weighted by Crippen LogP contribution is -2.30. The van der Waals surface area contributed by atoms with Crippen LogP contribution < -0.4 is 10.3 Å². The van der Waals surface area contributed by atoms with Crippen LogP contribution in [0.3, 0.4) is 0 Å². The lowest BCUT2D eigenvalue weighted by atomic mass is 9.98. The third kappa shape index (κ3) is 2.36. The van der Waals surface area contributed by atoms with Crippen LogP contribution in [0.15, 0.2) is 82.1 Å². The molecule has 0 aliphatic carbocycles. The first-order chi connectivity index (χ1) is 13.6. The molecular formula is C23H16N2O3. The zero-order chi connectivity index (χ0) is 19.3. The van der Waals surface area contributed by atoms with E-state index < -0.39 is 6.04 Å². The van der Waals surface area contributed by atoms with Crippen molar-refractivity contribution in [1.82, 2.24) is 4.98 Å². The molecule has 4 aromatic rings. The lowest BCUT2D eigenvalue weighted by molar-refractivity contribution is 0.0970. The average molecular weight is 368 g/mol. The van der Waals surface area contributed by atoms with Crippen LogP contribution in [-0.4, -0.2) is 10.9 Å². The molecule has 0 bridgehead atoms. The number of aromatic nitrogens is 1. The van der Waals surface area contributed by atoms with Crippen molar-refractivity contribution in [1.29, 1.82) is 0 Å². The van der Waals surface area contributed by atoms with E-state index in [0.29, 0.717) is 22.4 Å². The zero-order valence-electron chi connectivity index (χ0n) is 15.1. The summed E-state index contributed by atoms with van der Waals surface area (Å²) in [6.45, 7) is 1.92. The predicted octanol–water partition coefficient (Wildman–Crippen LogP) is 4.25. The lowest BCUT2D eigenvalue weighted by Gasteiger charge is -2.24. The standard InChI is InChI=1S/C23H16N2O3/c1-14-10-11-17-16(13-14)21(26)19-20(15-7-3-2-4-8-15)25(23(27)22(19)28-17)18-9-5-6-12-24-18/h2-13,20H,1H3/t20-/m1/s1. The molecule has 5 nitrogen and oxygen atoms in total. The van der Waals surface area contributed by atoms with Gasteiger partial charge in [0.2, 0.25) is 5.76 Å². The number of amides is 1. The first kappa shape index (κ1) is 16.4. The van der Waals surface area contributed by atoms with Gasteiger partial charge in [0.15, 0.2) is 5.43 Å². The summed E-state index contributed by atoms with van der Waals surface area (Å²) < 4.78 is 5.94. The van der Waals surface area contributed by atoms with E-state index >= 15 is 0 Å². The van der Waals surface area contributed by atoms with Crippen molar-refractivity contribution in [3.63, 3.8) is 0 Å². The Morgan fingerprint density at radius 3 is 2.50 bits per heavy atom. The Morgan fingerprint density at radius 2 is 1.75 bits per heavy atom. The molecule has 3 heterocycles. The Morgan fingerprint density at radius 1 is 0.964 bits per heavy atom. The molecule has 0 N–H and O–H groups in total. The van der Waals surface area contributed by atoms with Crippen molar-refractivity contribution in [3.8, 4) is 0 Å². The molecule has 0 saturated carbocycles. The number of carbonyl (C=O) groups excluding carboxylic acids is 1. The second-order valence-corrected chi connectivity index (χ2v) is 6.85. The van der Waals surface area contributed by atoms with Gasteiger partial charge >= 0.3 is 0 Å². The molecule has 136 valence electrons. The van der Waals surface area contributed by atoms with Crippen LogP contribution in [0.5, 0.6) is 0 Å². The fraction of sp³-hybridized carbons (Fsp3) is 0.0870. The molecule has 28 heavy (non-hydrogen) atoms. The number of hydrogen-bond acceptors (Lipinski definition) is 4. The monoisotopic (exact) mass is 368 g/mol. The summed E-state index contributed by atoms with van der Waals surface area (Å²) in [6, 6.07) is 19.7. The summed E-state index contributed by atoms with van der Waals surface area (Å²) in [5, 5.41) is 0.482. The number of pyridine rings is 1. The van der Waals surface area contributed by atoms with Gasteiger partial charge in [0.25, 0.3) is 5.91 Å². The topological polar surface area (TPSA) is 63.4 Å². The van der Waals surface area contributed by atoms with E-state index in [1.165, 1.54) is 4.90 Å². The number of rotatable bonds is 2. The van der Waals surface area contributed by atoms with Gasteiger partial charge in [0, 0.05) is 6.20 Å². The highest BCUT2D eigenvalue weighted by Crippen LogP contribution is 2.40. The van der Waals surface area contributed by atoms with Crippen molar-refractivity contribution in [2.24, 2.45) is 0 Å². The molecule has 0 spiro atoms. The maximum absolute atomic E-state index is 13.4. The number of nitrogens with zero attached hydrogens (tertiary/aromatic N) is 2. The molecule has 0 saturated heterocycles. The molecular weight excluding hydrogens is 352 g/mol. The third-order valence-electron chi connectivity index (χ3n) is 5.04. The number of aryl methyl sites for hydroxylation is 1. The highest BCUT2D eigenvalue weighted by molar-refractivity contribution is 6.10. The van der Waals surface area contributed by atoms with E-state index in [2.05, 4.69) is 4.98 Å². The van der Waals surface area contributed by atoms with E-state index in [1.807, 2.05) is 49.4 Å². The highest BCUT2D eigenvalue weighted by Gasteiger charge is 2.44. The van der Waals surface area contributed by atoms with Gasteiger partial charge in [-0.3, -0.25) is 14.5 Å². The van der Waals surface area contributed by atoms with E-state index in [1.54, 1.807) is 30.5 Å². The molecule has 1 amide bonds. The van der Waals surface area contributed by atoms with Gasteiger partial charge in [0.1, 0.15) is 11.4 Å². The van der Waals surface area contributed by atoms with Crippen LogP contribution in [-0.2, 0) is 0 Å². The Kier molecular flexibility index (Phi) is 3.62. The van der Waals surface area contributed by atoms with Crippen LogP contribution >= 0.6 is 0 Å². The minimum Gasteiger partial charge on any atom is -0.450 e. The maximum Gasteiger partial charge on any atom is 0.296 e. The first-order valence-corrected chi connectivity index (χ1v) is 9.02. The van der Waals surface area contributed by atoms with E-state index in [4.69, 9.17) is 4.42 Å². The summed E-state index contributed by atoms with van der Waals surface area (Å²) in [4.78, 5) is 32.6. The SMILES string of the molecule is Cc1ccc2oc3c(c(=O)c2c1)[C@@H](c1ccccc1)N(c1ccccn1)C3=O. The quantitative estimate of drug-likeness (QED) is 0.531. The summed E-state index contributed by atoms with van der Waals surface area (Å²) in [7, 11) is 0. The molecule has 5 heteroatoms. The molecule has 2 aromatic heterocycles. The molecule has 2 aromatic carbocycles. The van der Waals surface area contributed by atoms with Crippen molar-refractivity contribution < 1.29 is 9.21 Å². The molecule has 1 aliphatic rings. The number of carbonyl (C=O) groups is 1. The second-order valence-electron chi connectivity index (χ2n) is 6.85. The molecule has 0 radical (unpaired) electrons. The van der Waals surface area contributed by atoms with E-state index in [-0.39, 0.29) is 17.1 Å². The Hall–Kier alpha value is -3.73. The largest absolute Gasteiger partial charge is 0.450 e. The number of hydrogen-bond donors (Lipinski definition) is 0. The second kappa shape index (κ2) is 6.16. The van der Waals surface area contributed by atoms with Crippen molar-refractivity contribution in [2.75, 3.05) is 4.90 Å². The Bertz CT molecular complexity index is 1260. The molecule has 0 fully saturated rings. The average Bonchev–Trinajstić information content (AvgIpc) is 3.03. The van der Waals surface area contributed by atoms with Gasteiger partial charge in [-0.1, -0.05) is 48.0 Å². The molecule has 1 aliphatic heterocycles. The fourth-order valence-electron chi connectivity index (χ4n) is 3.77. The predicted molar refractivity (Wildman–Crippen MR) is 107 cm³/mol. The summed E-state index contributed by atoms with van der Waals surface area (Å²) in [6.07, 6.45) is 1.63. The summed E-state index contributed by atoms with van der Waals surface area (Å²) in [5.74, 6) is 0.204. The molecule has 1 atom stereocenters. The van der Waals surface area contributed by atoms with E-state index in [9.17, 15) is 9.59 Å². The van der Waals surface area contributed by atoms with E-state index in [0.717, 1.165) is 11.1 Å². The third-order valence-corrected chi connectivity index (χ3v) is 5.04. The van der Waals surface area contributed by atoms with Crippen LogP contribution in [0.25, 0.3) is 11.0 Å². The van der Waals surface area contributed by atoms with Gasteiger partial charge in [-0.05, 0) is 36.8 Å². The fourth-order valence-corrected chi connectivity index (χ4v) is 3.77. The van der Waals surface area contributed by atoms with Gasteiger partial charge in [-0.2, -0.15) is 0 Å². The van der Waals surface area contributed by atoms with Gasteiger partial charge < -0.3 is 4.42 Å². The maximum atomic E-state index is 13.4. The number of benzene rings is 2. The van der Waals surface area contributed by atoms with Gasteiger partial charge in [0.05, 0.1) is 17.0 Å². The van der Waals surface area contributed by atoms with Crippen LogP contribution in [0, 0.1) is 6.92 Å². The minimum atomic E-state index is -0.584. The number of fused-ring (bicyclic) bond motifs is 2. The Balaban J connectivity index is 1.84. The van der Waals surface area contributed by atoms with Gasteiger partial charge in [-0.25, -0.2) is 4.98 Å². The first-order valence-electron chi connectivity index (χ1n) is 9.02. The highest BCUT2D eigenvalue weighted by atomic mass is 16.3. The van der Waals surface area contributed by atoms with Crippen molar-refractivity contribution in [3.05, 3.63) is 106 Å². The van der Waals surface area contributed by atoms with Gasteiger partial charge in [-0.15, -0.1) is 0 Å².